The van der Waals surface area contributed by atoms with Crippen LogP contribution in [0.1, 0.15) is 19.3 Å². The van der Waals surface area contributed by atoms with Gasteiger partial charge in [-0.1, -0.05) is 6.42 Å². The highest BCUT2D eigenvalue weighted by Gasteiger charge is 2.21. The largest absolute Gasteiger partial charge is 0.315 e. The highest BCUT2D eigenvalue weighted by molar-refractivity contribution is 7.90. The van der Waals surface area contributed by atoms with E-state index in [1.165, 1.54) is 24.3 Å². The number of rotatable bonds is 4. The summed E-state index contributed by atoms with van der Waals surface area (Å²) >= 11 is 0. The number of sulfonamides is 1. The molecule has 2 N–H and O–H groups in total. The summed E-state index contributed by atoms with van der Waals surface area (Å²) in [6.45, 7) is 1.52. The predicted molar refractivity (Wildman–Crippen MR) is 80.4 cm³/mol. The first-order valence-corrected chi connectivity index (χ1v) is 10.2. The molecule has 118 valence electrons. The van der Waals surface area contributed by atoms with Crippen molar-refractivity contribution in [2.75, 3.05) is 19.3 Å². The van der Waals surface area contributed by atoms with Crippen LogP contribution in [0.5, 0.6) is 0 Å². The molecule has 1 saturated heterocycles. The molecular formula is C13H20N2O4S2. The van der Waals surface area contributed by atoms with Gasteiger partial charge in [-0.2, -0.15) is 0 Å². The average Bonchev–Trinajstić information content (AvgIpc) is 2.66. The number of nitrogens with one attached hydrogen (secondary N) is 2. The van der Waals surface area contributed by atoms with Gasteiger partial charge < -0.3 is 5.32 Å². The average molecular weight is 332 g/mol. The van der Waals surface area contributed by atoms with Crippen molar-refractivity contribution in [3.05, 3.63) is 24.3 Å². The number of benzene rings is 1. The van der Waals surface area contributed by atoms with Gasteiger partial charge in [-0.3, -0.25) is 0 Å². The molecule has 1 aromatic carbocycles. The summed E-state index contributed by atoms with van der Waals surface area (Å²) in [5, 5.41) is 3.19. The summed E-state index contributed by atoms with van der Waals surface area (Å²) in [4.78, 5) is 0.191. The van der Waals surface area contributed by atoms with Gasteiger partial charge in [-0.05, 0) is 43.7 Å². The van der Waals surface area contributed by atoms with Gasteiger partial charge in [0.05, 0.1) is 9.79 Å². The Morgan fingerprint density at radius 3 is 2.29 bits per heavy atom. The molecule has 0 aromatic heterocycles. The van der Waals surface area contributed by atoms with Gasteiger partial charge >= 0.3 is 0 Å². The Balaban J connectivity index is 2.15. The van der Waals surface area contributed by atoms with Crippen molar-refractivity contribution < 1.29 is 16.8 Å². The minimum Gasteiger partial charge on any atom is -0.315 e. The van der Waals surface area contributed by atoms with Crippen molar-refractivity contribution in [2.45, 2.75) is 35.1 Å². The van der Waals surface area contributed by atoms with E-state index in [4.69, 9.17) is 0 Å². The molecule has 1 aliphatic rings. The number of hydrogen-bond donors (Lipinski definition) is 2. The first kappa shape index (κ1) is 16.4. The highest BCUT2D eigenvalue weighted by atomic mass is 32.2. The summed E-state index contributed by atoms with van der Waals surface area (Å²) in [7, 11) is -6.95. The van der Waals surface area contributed by atoms with E-state index < -0.39 is 19.9 Å². The lowest BCUT2D eigenvalue weighted by atomic mass is 10.2. The summed E-state index contributed by atoms with van der Waals surface area (Å²) in [5.74, 6) is 0. The molecular weight excluding hydrogens is 312 g/mol. The molecule has 1 atom stereocenters. The van der Waals surface area contributed by atoms with Gasteiger partial charge in [-0.15, -0.1) is 0 Å². The van der Waals surface area contributed by atoms with E-state index in [9.17, 15) is 16.8 Å². The molecule has 8 heteroatoms. The zero-order chi connectivity index (χ0) is 15.5. The van der Waals surface area contributed by atoms with Crippen LogP contribution in [-0.2, 0) is 19.9 Å². The molecule has 1 aromatic rings. The fraction of sp³-hybridized carbons (Fsp3) is 0.538. The fourth-order valence-electron chi connectivity index (χ4n) is 2.27. The van der Waals surface area contributed by atoms with Crippen LogP contribution in [0.2, 0.25) is 0 Å². The van der Waals surface area contributed by atoms with E-state index in [2.05, 4.69) is 10.0 Å². The van der Waals surface area contributed by atoms with Gasteiger partial charge in [-0.25, -0.2) is 21.6 Å². The van der Waals surface area contributed by atoms with Crippen molar-refractivity contribution in [3.63, 3.8) is 0 Å². The predicted octanol–water partition coefficient (Wildman–Crippen LogP) is 0.511. The molecule has 0 amide bonds. The van der Waals surface area contributed by atoms with Crippen molar-refractivity contribution >= 4 is 19.9 Å². The maximum Gasteiger partial charge on any atom is 0.240 e. The second kappa shape index (κ2) is 6.43. The number of sulfone groups is 1. The topological polar surface area (TPSA) is 92.3 Å². The van der Waals surface area contributed by atoms with Crippen LogP contribution in [0.4, 0.5) is 0 Å². The van der Waals surface area contributed by atoms with Crippen molar-refractivity contribution in [2.24, 2.45) is 0 Å². The molecule has 6 nitrogen and oxygen atoms in total. The van der Waals surface area contributed by atoms with Gasteiger partial charge in [0.2, 0.25) is 10.0 Å². The fourth-order valence-corrected chi connectivity index (χ4v) is 4.17. The molecule has 1 heterocycles. The zero-order valence-corrected chi connectivity index (χ0v) is 13.5. The lowest BCUT2D eigenvalue weighted by Gasteiger charge is -2.16. The third kappa shape index (κ3) is 4.50. The molecule has 0 spiro atoms. The first-order chi connectivity index (χ1) is 9.79. The normalized spacial score (nSPS) is 20.9. The van der Waals surface area contributed by atoms with E-state index in [-0.39, 0.29) is 15.8 Å². The van der Waals surface area contributed by atoms with Gasteiger partial charge in [0, 0.05) is 18.8 Å². The Kier molecular flexibility index (Phi) is 5.03. The Labute approximate surface area is 125 Å². The maximum atomic E-state index is 12.3. The molecule has 2 rings (SSSR count). The summed E-state index contributed by atoms with van der Waals surface area (Å²) in [5.41, 5.74) is 0. The van der Waals surface area contributed by atoms with Crippen LogP contribution in [0.25, 0.3) is 0 Å². The third-order valence-electron chi connectivity index (χ3n) is 3.43. The van der Waals surface area contributed by atoms with Gasteiger partial charge in [0.25, 0.3) is 0 Å². The monoisotopic (exact) mass is 332 g/mol. The first-order valence-electron chi connectivity index (χ1n) is 6.82. The van der Waals surface area contributed by atoms with E-state index in [1.54, 1.807) is 0 Å². The van der Waals surface area contributed by atoms with Crippen LogP contribution in [0.3, 0.4) is 0 Å². The molecule has 1 aliphatic heterocycles. The SMILES string of the molecule is CS(=O)(=O)c1ccc(S(=O)(=O)NC2CCCCNC2)cc1. The molecule has 1 unspecified atom stereocenters. The molecule has 0 aliphatic carbocycles. The summed E-state index contributed by atoms with van der Waals surface area (Å²) in [6, 6.07) is 5.14. The minimum atomic E-state index is -3.62. The standard InChI is InChI=1S/C13H20N2O4S2/c1-20(16,17)12-5-7-13(8-6-12)21(18,19)15-11-4-2-3-9-14-10-11/h5-8,11,14-15H,2-4,9-10H2,1H3. The van der Waals surface area contributed by atoms with Crippen LogP contribution in [0.15, 0.2) is 34.1 Å². The molecule has 0 bridgehead atoms. The van der Waals surface area contributed by atoms with Gasteiger partial charge in [0.1, 0.15) is 0 Å². The Morgan fingerprint density at radius 2 is 1.67 bits per heavy atom. The van der Waals surface area contributed by atoms with Gasteiger partial charge in [0.15, 0.2) is 9.84 Å². The Hall–Kier alpha value is -0.960. The van der Waals surface area contributed by atoms with E-state index in [1.807, 2.05) is 0 Å². The molecule has 1 fully saturated rings. The van der Waals surface area contributed by atoms with Crippen molar-refractivity contribution in [3.8, 4) is 0 Å². The van der Waals surface area contributed by atoms with Crippen molar-refractivity contribution in [1.29, 1.82) is 0 Å². The zero-order valence-electron chi connectivity index (χ0n) is 11.9. The maximum absolute atomic E-state index is 12.3. The van der Waals surface area contributed by atoms with Crippen LogP contribution in [-0.4, -0.2) is 42.2 Å². The highest BCUT2D eigenvalue weighted by Crippen LogP contribution is 2.15. The van der Waals surface area contributed by atoms with E-state index in [0.29, 0.717) is 6.54 Å². The second-order valence-corrected chi connectivity index (χ2v) is 8.99. The van der Waals surface area contributed by atoms with E-state index >= 15 is 0 Å². The summed E-state index contributed by atoms with van der Waals surface area (Å²) < 4.78 is 50.0. The van der Waals surface area contributed by atoms with Crippen LogP contribution < -0.4 is 10.0 Å². The van der Waals surface area contributed by atoms with E-state index in [0.717, 1.165) is 32.1 Å². The Morgan fingerprint density at radius 1 is 1.05 bits per heavy atom. The number of hydrogen-bond acceptors (Lipinski definition) is 5. The molecule has 21 heavy (non-hydrogen) atoms. The van der Waals surface area contributed by atoms with Crippen LogP contribution >= 0.6 is 0 Å². The smallest absolute Gasteiger partial charge is 0.240 e. The molecule has 0 saturated carbocycles. The summed E-state index contributed by atoms with van der Waals surface area (Å²) in [6.07, 6.45) is 3.91. The lowest BCUT2D eigenvalue weighted by Crippen LogP contribution is -2.40. The second-order valence-electron chi connectivity index (χ2n) is 5.26. The molecule has 0 radical (unpaired) electrons. The minimum absolute atomic E-state index is 0.0825. The van der Waals surface area contributed by atoms with Crippen molar-refractivity contribution in [1.82, 2.24) is 10.0 Å². The van der Waals surface area contributed by atoms with Crippen LogP contribution in [0, 0.1) is 0 Å². The quantitative estimate of drug-likeness (QED) is 0.838. The Bertz CT molecular complexity index is 673. The third-order valence-corrected chi connectivity index (χ3v) is 6.10. The lowest BCUT2D eigenvalue weighted by molar-refractivity contribution is 0.521.